The van der Waals surface area contributed by atoms with E-state index in [0.717, 1.165) is 22.5 Å². The molecule has 28 heavy (non-hydrogen) atoms. The Bertz CT molecular complexity index is 1100. The molecule has 1 aliphatic rings. The number of nitrogens with zero attached hydrogens (tertiary/aromatic N) is 2. The van der Waals surface area contributed by atoms with Gasteiger partial charge in [-0.2, -0.15) is 4.31 Å². The van der Waals surface area contributed by atoms with Gasteiger partial charge in [-0.05, 0) is 41.1 Å². The van der Waals surface area contributed by atoms with Crippen molar-refractivity contribution >= 4 is 44.7 Å². The van der Waals surface area contributed by atoms with Crippen molar-refractivity contribution in [3.63, 3.8) is 0 Å². The summed E-state index contributed by atoms with van der Waals surface area (Å²) in [5.41, 5.74) is 1.86. The molecule has 144 valence electrons. The zero-order valence-electron chi connectivity index (χ0n) is 14.6. The number of benzene rings is 1. The molecule has 0 bridgehead atoms. The summed E-state index contributed by atoms with van der Waals surface area (Å²) >= 11 is 6.97. The van der Waals surface area contributed by atoms with Gasteiger partial charge in [0.15, 0.2) is 0 Å². The molecule has 2 aromatic heterocycles. The minimum Gasteiger partial charge on any atom is -0.309 e. The van der Waals surface area contributed by atoms with Crippen LogP contribution in [0.15, 0.2) is 64.3 Å². The van der Waals surface area contributed by atoms with Crippen LogP contribution < -0.4 is 5.32 Å². The average Bonchev–Trinajstić information content (AvgIpc) is 3.24. The molecule has 3 aromatic rings. The molecule has 1 aliphatic heterocycles. The van der Waals surface area contributed by atoms with E-state index in [2.05, 4.69) is 10.3 Å². The van der Waals surface area contributed by atoms with E-state index in [0.29, 0.717) is 17.3 Å². The fourth-order valence-corrected chi connectivity index (χ4v) is 5.96. The summed E-state index contributed by atoms with van der Waals surface area (Å²) in [4.78, 5) is 17.1. The topological polar surface area (TPSA) is 79.4 Å². The fraction of sp³-hybridized carbons (Fsp3) is 0.158. The molecule has 0 saturated heterocycles. The molecule has 6 nitrogen and oxygen atoms in total. The Morgan fingerprint density at radius 1 is 1.14 bits per heavy atom. The van der Waals surface area contributed by atoms with E-state index in [4.69, 9.17) is 11.6 Å². The molecule has 1 atom stereocenters. The SMILES string of the molecule is O=C(Nc1ccc(Cl)cn1)[C@@H]1Cc2ccccc2CN1S(=O)(=O)c1cccs1. The number of anilines is 1. The molecule has 0 unspecified atom stereocenters. The quantitative estimate of drug-likeness (QED) is 0.682. The van der Waals surface area contributed by atoms with Gasteiger partial charge in [0.05, 0.1) is 5.02 Å². The molecule has 3 heterocycles. The lowest BCUT2D eigenvalue weighted by atomic mass is 9.95. The molecule has 0 aliphatic carbocycles. The summed E-state index contributed by atoms with van der Waals surface area (Å²) in [6.45, 7) is 0.141. The number of nitrogens with one attached hydrogen (secondary N) is 1. The largest absolute Gasteiger partial charge is 0.309 e. The van der Waals surface area contributed by atoms with Gasteiger partial charge >= 0.3 is 0 Å². The summed E-state index contributed by atoms with van der Waals surface area (Å²) < 4.78 is 27.9. The Kier molecular flexibility index (Phi) is 5.20. The lowest BCUT2D eigenvalue weighted by molar-refractivity contribution is -0.120. The summed E-state index contributed by atoms with van der Waals surface area (Å²) in [6, 6.07) is 13.1. The van der Waals surface area contributed by atoms with E-state index in [1.165, 1.54) is 10.5 Å². The minimum atomic E-state index is -3.81. The molecule has 1 N–H and O–H groups in total. The predicted octanol–water partition coefficient (Wildman–Crippen LogP) is 3.55. The van der Waals surface area contributed by atoms with Crippen LogP contribution in [-0.2, 0) is 27.8 Å². The van der Waals surface area contributed by atoms with Crippen molar-refractivity contribution in [1.29, 1.82) is 0 Å². The van der Waals surface area contributed by atoms with Crippen molar-refractivity contribution in [3.05, 3.63) is 76.3 Å². The Morgan fingerprint density at radius 3 is 2.61 bits per heavy atom. The normalized spacial score (nSPS) is 17.1. The van der Waals surface area contributed by atoms with E-state index in [1.807, 2.05) is 24.3 Å². The van der Waals surface area contributed by atoms with Crippen LogP contribution >= 0.6 is 22.9 Å². The van der Waals surface area contributed by atoms with E-state index in [-0.39, 0.29) is 10.8 Å². The number of carbonyl (C=O) groups excluding carboxylic acids is 1. The number of carbonyl (C=O) groups is 1. The Morgan fingerprint density at radius 2 is 1.93 bits per heavy atom. The molecule has 0 fully saturated rings. The average molecular weight is 434 g/mol. The van der Waals surface area contributed by atoms with Gasteiger partial charge < -0.3 is 5.32 Å². The van der Waals surface area contributed by atoms with Crippen LogP contribution in [0, 0.1) is 0 Å². The van der Waals surface area contributed by atoms with Crippen molar-refractivity contribution in [2.45, 2.75) is 23.2 Å². The molecular weight excluding hydrogens is 418 g/mol. The third kappa shape index (κ3) is 3.68. The number of rotatable bonds is 4. The van der Waals surface area contributed by atoms with Gasteiger partial charge in [0.2, 0.25) is 5.91 Å². The second kappa shape index (κ2) is 7.63. The van der Waals surface area contributed by atoms with Crippen LogP contribution in [0.3, 0.4) is 0 Å². The van der Waals surface area contributed by atoms with Gasteiger partial charge in [-0.25, -0.2) is 13.4 Å². The molecule has 0 spiro atoms. The number of pyridine rings is 1. The van der Waals surface area contributed by atoms with Crippen molar-refractivity contribution in [2.75, 3.05) is 5.32 Å². The third-order valence-electron chi connectivity index (χ3n) is 4.54. The van der Waals surface area contributed by atoms with Crippen LogP contribution in [0.2, 0.25) is 5.02 Å². The van der Waals surface area contributed by atoms with Gasteiger partial charge in [0.1, 0.15) is 16.1 Å². The number of amides is 1. The summed E-state index contributed by atoms with van der Waals surface area (Å²) in [7, 11) is -3.81. The fourth-order valence-electron chi connectivity index (χ4n) is 3.16. The van der Waals surface area contributed by atoms with Crippen molar-refractivity contribution in [2.24, 2.45) is 0 Å². The summed E-state index contributed by atoms with van der Waals surface area (Å²) in [5.74, 6) is -0.105. The highest BCUT2D eigenvalue weighted by atomic mass is 35.5. The van der Waals surface area contributed by atoms with Gasteiger partial charge in [-0.15, -0.1) is 11.3 Å². The molecule has 4 rings (SSSR count). The van der Waals surface area contributed by atoms with Crippen LogP contribution in [0.25, 0.3) is 0 Å². The van der Waals surface area contributed by atoms with Crippen LogP contribution in [0.5, 0.6) is 0 Å². The Labute approximate surface area is 171 Å². The number of aromatic nitrogens is 1. The first-order valence-electron chi connectivity index (χ1n) is 8.50. The van der Waals surface area contributed by atoms with Crippen molar-refractivity contribution in [1.82, 2.24) is 9.29 Å². The van der Waals surface area contributed by atoms with E-state index < -0.39 is 22.0 Å². The maximum absolute atomic E-state index is 13.2. The molecule has 9 heteroatoms. The molecular formula is C19H16ClN3O3S2. The zero-order chi connectivity index (χ0) is 19.7. The monoisotopic (exact) mass is 433 g/mol. The first-order valence-corrected chi connectivity index (χ1v) is 11.2. The highest BCUT2D eigenvalue weighted by Gasteiger charge is 2.40. The first-order chi connectivity index (χ1) is 13.4. The number of sulfonamides is 1. The predicted molar refractivity (Wildman–Crippen MR) is 109 cm³/mol. The lowest BCUT2D eigenvalue weighted by Gasteiger charge is -2.34. The van der Waals surface area contributed by atoms with Gasteiger partial charge in [0.25, 0.3) is 10.0 Å². The van der Waals surface area contributed by atoms with Crippen molar-refractivity contribution in [3.8, 4) is 0 Å². The number of hydrogen-bond donors (Lipinski definition) is 1. The van der Waals surface area contributed by atoms with Gasteiger partial charge in [-0.1, -0.05) is 41.9 Å². The summed E-state index contributed by atoms with van der Waals surface area (Å²) in [5, 5.41) is 4.86. The maximum atomic E-state index is 13.2. The zero-order valence-corrected chi connectivity index (χ0v) is 17.0. The van der Waals surface area contributed by atoms with Crippen LogP contribution in [-0.4, -0.2) is 29.7 Å². The van der Waals surface area contributed by atoms with Crippen molar-refractivity contribution < 1.29 is 13.2 Å². The van der Waals surface area contributed by atoms with Gasteiger partial charge in [-0.3, -0.25) is 4.79 Å². The number of fused-ring (bicyclic) bond motifs is 1. The second-order valence-electron chi connectivity index (χ2n) is 6.32. The standard InChI is InChI=1S/C19H16ClN3O3S2/c20-15-7-8-17(21-11-15)22-19(24)16-10-13-4-1-2-5-14(13)12-23(16)28(25,26)18-6-3-9-27-18/h1-9,11,16H,10,12H2,(H,21,22,24)/t16-/m0/s1. The molecule has 0 radical (unpaired) electrons. The minimum absolute atomic E-state index is 0.141. The smallest absolute Gasteiger partial charge is 0.253 e. The van der Waals surface area contributed by atoms with E-state index in [1.54, 1.807) is 29.6 Å². The highest BCUT2D eigenvalue weighted by molar-refractivity contribution is 7.91. The third-order valence-corrected chi connectivity index (χ3v) is 8.00. The molecule has 1 amide bonds. The Hall–Kier alpha value is -2.26. The van der Waals surface area contributed by atoms with E-state index in [9.17, 15) is 13.2 Å². The second-order valence-corrected chi connectivity index (χ2v) is 9.82. The maximum Gasteiger partial charge on any atom is 0.253 e. The highest BCUT2D eigenvalue weighted by Crippen LogP contribution is 2.31. The van der Waals surface area contributed by atoms with E-state index >= 15 is 0 Å². The Balaban J connectivity index is 1.69. The lowest BCUT2D eigenvalue weighted by Crippen LogP contribution is -2.50. The number of halogens is 1. The number of thiophene rings is 1. The van der Waals surface area contributed by atoms with Crippen LogP contribution in [0.4, 0.5) is 5.82 Å². The van der Waals surface area contributed by atoms with Crippen LogP contribution in [0.1, 0.15) is 11.1 Å². The first kappa shape index (κ1) is 19.1. The van der Waals surface area contributed by atoms with Gasteiger partial charge in [0, 0.05) is 12.7 Å². The molecule has 1 aromatic carbocycles. The number of hydrogen-bond acceptors (Lipinski definition) is 5. The molecule has 0 saturated carbocycles. The summed E-state index contributed by atoms with van der Waals surface area (Å²) in [6.07, 6.45) is 1.72.